The van der Waals surface area contributed by atoms with E-state index in [0.717, 1.165) is 25.3 Å². The van der Waals surface area contributed by atoms with E-state index < -0.39 is 0 Å². The molecule has 1 heterocycles. The summed E-state index contributed by atoms with van der Waals surface area (Å²) in [5.74, 6) is 1.31. The van der Waals surface area contributed by atoms with Crippen molar-refractivity contribution in [2.45, 2.75) is 64.5 Å². The third kappa shape index (κ3) is 3.44. The summed E-state index contributed by atoms with van der Waals surface area (Å²) in [4.78, 5) is 12.2. The molecule has 0 aromatic heterocycles. The van der Waals surface area contributed by atoms with Crippen LogP contribution in [0.25, 0.3) is 0 Å². The number of carbonyl (C=O) groups is 1. The first kappa shape index (κ1) is 12.9. The Morgan fingerprint density at radius 1 is 1.12 bits per heavy atom. The number of rotatable bonds is 2. The van der Waals surface area contributed by atoms with Crippen LogP contribution in [0.4, 0.5) is 0 Å². The molecule has 0 aromatic carbocycles. The minimum atomic E-state index is 0.183. The Bertz CT molecular complexity index is 259. The third-order valence-electron chi connectivity index (χ3n) is 4.46. The summed E-state index contributed by atoms with van der Waals surface area (Å²) in [5, 5.41) is 6.66. The number of nitrogens with one attached hydrogen (secondary N) is 2. The molecule has 3 heteroatoms. The molecular formula is C14H26N2O. The molecule has 2 N–H and O–H groups in total. The summed E-state index contributed by atoms with van der Waals surface area (Å²) in [6, 6.07) is 0.777. The second kappa shape index (κ2) is 5.85. The quantitative estimate of drug-likeness (QED) is 0.773. The smallest absolute Gasteiger partial charge is 0.224 e. The molecule has 1 saturated carbocycles. The van der Waals surface area contributed by atoms with Crippen LogP contribution in [0, 0.1) is 11.8 Å². The molecule has 2 unspecified atom stereocenters. The lowest BCUT2D eigenvalue weighted by Gasteiger charge is -2.32. The van der Waals surface area contributed by atoms with E-state index in [0.29, 0.717) is 12.1 Å². The molecule has 2 atom stereocenters. The van der Waals surface area contributed by atoms with Gasteiger partial charge < -0.3 is 10.6 Å². The van der Waals surface area contributed by atoms with Gasteiger partial charge in [0.1, 0.15) is 0 Å². The fourth-order valence-electron chi connectivity index (χ4n) is 3.11. The molecule has 2 aliphatic rings. The molecule has 1 amide bonds. The maximum atomic E-state index is 12.2. The van der Waals surface area contributed by atoms with Crippen molar-refractivity contribution in [1.82, 2.24) is 10.6 Å². The summed E-state index contributed by atoms with van der Waals surface area (Å²) in [6.45, 7) is 5.50. The van der Waals surface area contributed by atoms with Gasteiger partial charge in [0.25, 0.3) is 0 Å². The van der Waals surface area contributed by atoms with E-state index >= 15 is 0 Å². The van der Waals surface area contributed by atoms with Gasteiger partial charge in [0.15, 0.2) is 0 Å². The number of hydrogen-bond acceptors (Lipinski definition) is 2. The first-order valence-electron chi connectivity index (χ1n) is 7.20. The van der Waals surface area contributed by atoms with E-state index in [1.54, 1.807) is 0 Å². The van der Waals surface area contributed by atoms with Gasteiger partial charge >= 0.3 is 0 Å². The Labute approximate surface area is 105 Å². The van der Waals surface area contributed by atoms with E-state index in [1.807, 2.05) is 0 Å². The number of amides is 1. The highest BCUT2D eigenvalue weighted by Crippen LogP contribution is 2.24. The Balaban J connectivity index is 1.79. The topological polar surface area (TPSA) is 41.1 Å². The van der Waals surface area contributed by atoms with E-state index in [1.165, 1.54) is 25.7 Å². The van der Waals surface area contributed by atoms with Crippen LogP contribution in [0.2, 0.25) is 0 Å². The first-order valence-corrected chi connectivity index (χ1v) is 7.20. The van der Waals surface area contributed by atoms with Crippen LogP contribution in [0.5, 0.6) is 0 Å². The van der Waals surface area contributed by atoms with E-state index in [-0.39, 0.29) is 11.8 Å². The van der Waals surface area contributed by atoms with Gasteiger partial charge in [-0.05, 0) is 57.9 Å². The second-order valence-corrected chi connectivity index (χ2v) is 5.96. The molecule has 17 heavy (non-hydrogen) atoms. The van der Waals surface area contributed by atoms with Gasteiger partial charge in [0, 0.05) is 12.1 Å². The lowest BCUT2D eigenvalue weighted by atomic mass is 9.86. The SMILES string of the molecule is CC1CCC(NC(=O)C2CCCNC2C)CC1. The summed E-state index contributed by atoms with van der Waals surface area (Å²) in [5.41, 5.74) is 0. The minimum absolute atomic E-state index is 0.183. The van der Waals surface area contributed by atoms with Gasteiger partial charge in [-0.3, -0.25) is 4.79 Å². The van der Waals surface area contributed by atoms with Gasteiger partial charge in [-0.15, -0.1) is 0 Å². The molecule has 98 valence electrons. The minimum Gasteiger partial charge on any atom is -0.353 e. The van der Waals surface area contributed by atoms with Crippen molar-refractivity contribution in [3.8, 4) is 0 Å². The number of hydrogen-bond donors (Lipinski definition) is 2. The van der Waals surface area contributed by atoms with E-state index in [9.17, 15) is 4.79 Å². The molecule has 1 aliphatic carbocycles. The molecule has 0 bridgehead atoms. The highest BCUT2D eigenvalue weighted by Gasteiger charge is 2.29. The van der Waals surface area contributed by atoms with Crippen molar-refractivity contribution in [3.63, 3.8) is 0 Å². The molecular weight excluding hydrogens is 212 g/mol. The average Bonchev–Trinajstić information content (AvgIpc) is 2.32. The first-order chi connectivity index (χ1) is 8.16. The van der Waals surface area contributed by atoms with Crippen molar-refractivity contribution in [3.05, 3.63) is 0 Å². The van der Waals surface area contributed by atoms with Crippen molar-refractivity contribution < 1.29 is 4.79 Å². The van der Waals surface area contributed by atoms with Crippen molar-refractivity contribution in [1.29, 1.82) is 0 Å². The Morgan fingerprint density at radius 3 is 2.47 bits per heavy atom. The molecule has 0 spiro atoms. The normalized spacial score (nSPS) is 38.7. The molecule has 3 nitrogen and oxygen atoms in total. The van der Waals surface area contributed by atoms with Crippen LogP contribution in [-0.2, 0) is 4.79 Å². The summed E-state index contributed by atoms with van der Waals surface area (Å²) in [6.07, 6.45) is 7.04. The Hall–Kier alpha value is -0.570. The summed E-state index contributed by atoms with van der Waals surface area (Å²) < 4.78 is 0. The van der Waals surface area contributed by atoms with Crippen molar-refractivity contribution >= 4 is 5.91 Å². The highest BCUT2D eigenvalue weighted by molar-refractivity contribution is 5.79. The Morgan fingerprint density at radius 2 is 1.82 bits per heavy atom. The predicted molar refractivity (Wildman–Crippen MR) is 69.8 cm³/mol. The van der Waals surface area contributed by atoms with E-state index in [4.69, 9.17) is 0 Å². The fraction of sp³-hybridized carbons (Fsp3) is 0.929. The van der Waals surface area contributed by atoms with Gasteiger partial charge in [0.05, 0.1) is 5.92 Å². The van der Waals surface area contributed by atoms with Crippen LogP contribution in [0.3, 0.4) is 0 Å². The van der Waals surface area contributed by atoms with Gasteiger partial charge in [0.2, 0.25) is 5.91 Å². The molecule has 1 saturated heterocycles. The summed E-state index contributed by atoms with van der Waals surface area (Å²) >= 11 is 0. The lowest BCUT2D eigenvalue weighted by Crippen LogP contribution is -2.49. The third-order valence-corrected chi connectivity index (χ3v) is 4.46. The zero-order valence-corrected chi connectivity index (χ0v) is 11.2. The number of carbonyl (C=O) groups excluding carboxylic acids is 1. The molecule has 2 fully saturated rings. The Kier molecular flexibility index (Phi) is 4.43. The second-order valence-electron chi connectivity index (χ2n) is 5.96. The molecule has 1 aliphatic heterocycles. The fourth-order valence-corrected chi connectivity index (χ4v) is 3.11. The van der Waals surface area contributed by atoms with Crippen LogP contribution in [0.1, 0.15) is 52.4 Å². The maximum Gasteiger partial charge on any atom is 0.224 e. The molecule has 0 aromatic rings. The van der Waals surface area contributed by atoms with Crippen molar-refractivity contribution in [2.24, 2.45) is 11.8 Å². The highest BCUT2D eigenvalue weighted by atomic mass is 16.2. The molecule has 0 radical (unpaired) electrons. The van der Waals surface area contributed by atoms with Gasteiger partial charge in [-0.25, -0.2) is 0 Å². The standard InChI is InChI=1S/C14H26N2O/c1-10-5-7-12(8-6-10)16-14(17)13-4-3-9-15-11(13)2/h10-13,15H,3-9H2,1-2H3,(H,16,17). The van der Waals surface area contributed by atoms with Crippen LogP contribution < -0.4 is 10.6 Å². The van der Waals surface area contributed by atoms with Gasteiger partial charge in [-0.2, -0.15) is 0 Å². The monoisotopic (exact) mass is 238 g/mol. The van der Waals surface area contributed by atoms with Crippen LogP contribution in [0.15, 0.2) is 0 Å². The van der Waals surface area contributed by atoms with Crippen molar-refractivity contribution in [2.75, 3.05) is 6.54 Å². The maximum absolute atomic E-state index is 12.2. The van der Waals surface area contributed by atoms with Crippen LogP contribution >= 0.6 is 0 Å². The zero-order chi connectivity index (χ0) is 12.3. The zero-order valence-electron chi connectivity index (χ0n) is 11.2. The molecule has 2 rings (SSSR count). The van der Waals surface area contributed by atoms with Gasteiger partial charge in [-0.1, -0.05) is 6.92 Å². The summed E-state index contributed by atoms with van der Waals surface area (Å²) in [7, 11) is 0. The van der Waals surface area contributed by atoms with E-state index in [2.05, 4.69) is 24.5 Å². The largest absolute Gasteiger partial charge is 0.353 e. The predicted octanol–water partition coefficient (Wildman–Crippen LogP) is 2.07. The van der Waals surface area contributed by atoms with Crippen LogP contribution in [-0.4, -0.2) is 24.5 Å². The number of piperidine rings is 1. The lowest BCUT2D eigenvalue weighted by molar-refractivity contribution is -0.127. The average molecular weight is 238 g/mol.